The van der Waals surface area contributed by atoms with Crippen LogP contribution in [-0.2, 0) is 9.53 Å². The lowest BCUT2D eigenvalue weighted by molar-refractivity contribution is -0.144. The Bertz CT molecular complexity index is 690. The van der Waals surface area contributed by atoms with E-state index in [9.17, 15) is 14.7 Å². The number of hydrogen-bond donors (Lipinski definition) is 3. The van der Waals surface area contributed by atoms with Gasteiger partial charge >= 0.3 is 5.97 Å². The van der Waals surface area contributed by atoms with E-state index in [-0.39, 0.29) is 18.7 Å². The predicted molar refractivity (Wildman–Crippen MR) is 77.3 cm³/mol. The fourth-order valence-corrected chi connectivity index (χ4v) is 2.37. The van der Waals surface area contributed by atoms with Crippen molar-refractivity contribution in [2.45, 2.75) is 12.0 Å². The van der Waals surface area contributed by atoms with Crippen molar-refractivity contribution in [3.05, 3.63) is 42.1 Å². The number of benzene rings is 1. The smallest absolute Gasteiger partial charge is 0.331 e. The number of carboxylic acid groups (broad SMARTS) is 1. The van der Waals surface area contributed by atoms with Crippen molar-refractivity contribution in [2.75, 3.05) is 13.2 Å². The molecule has 0 spiro atoms. The van der Waals surface area contributed by atoms with E-state index < -0.39 is 17.4 Å². The van der Waals surface area contributed by atoms with Gasteiger partial charge in [-0.05, 0) is 6.07 Å². The molecule has 0 saturated carbocycles. The Kier molecular flexibility index (Phi) is 3.64. The molecule has 1 saturated heterocycles. The summed E-state index contributed by atoms with van der Waals surface area (Å²) in [6.45, 7) is 0.276. The van der Waals surface area contributed by atoms with Crippen molar-refractivity contribution >= 4 is 11.9 Å². The first-order valence-electron chi connectivity index (χ1n) is 6.85. The minimum Gasteiger partial charge on any atom is -0.479 e. The molecular weight excluding hydrogens is 286 g/mol. The summed E-state index contributed by atoms with van der Waals surface area (Å²) in [5, 5.41) is 18.6. The van der Waals surface area contributed by atoms with Gasteiger partial charge in [0.2, 0.25) is 0 Å². The standard InChI is InChI=1S/C15H15N3O4/c19-13(16-15(14(20)21)6-7-22-9-15)12-8-11(17-18-12)10-4-2-1-3-5-10/h1-5,8H,6-7,9H2,(H,16,19)(H,17,18)(H,20,21). The number of nitrogens with zero attached hydrogens (tertiary/aromatic N) is 1. The molecular formula is C15H15N3O4. The number of ether oxygens (including phenoxy) is 1. The third-order valence-corrected chi connectivity index (χ3v) is 3.68. The van der Waals surface area contributed by atoms with E-state index in [1.807, 2.05) is 30.3 Å². The lowest BCUT2D eigenvalue weighted by atomic mass is 9.99. The van der Waals surface area contributed by atoms with E-state index in [1.165, 1.54) is 0 Å². The van der Waals surface area contributed by atoms with Crippen molar-refractivity contribution in [3.63, 3.8) is 0 Å². The second-order valence-corrected chi connectivity index (χ2v) is 5.18. The second kappa shape index (κ2) is 5.61. The number of hydrogen-bond acceptors (Lipinski definition) is 4. The van der Waals surface area contributed by atoms with Gasteiger partial charge < -0.3 is 15.2 Å². The van der Waals surface area contributed by atoms with Crippen LogP contribution >= 0.6 is 0 Å². The molecule has 1 aliphatic heterocycles. The quantitative estimate of drug-likeness (QED) is 0.783. The molecule has 3 rings (SSSR count). The molecule has 0 aliphatic carbocycles. The summed E-state index contributed by atoms with van der Waals surface area (Å²) >= 11 is 0. The maximum Gasteiger partial charge on any atom is 0.331 e. The largest absolute Gasteiger partial charge is 0.479 e. The van der Waals surface area contributed by atoms with Gasteiger partial charge in [-0.1, -0.05) is 30.3 Å². The van der Waals surface area contributed by atoms with Crippen LogP contribution in [0.2, 0.25) is 0 Å². The number of aromatic nitrogens is 2. The number of H-pyrrole nitrogens is 1. The van der Waals surface area contributed by atoms with Crippen molar-refractivity contribution in [1.29, 1.82) is 0 Å². The lowest BCUT2D eigenvalue weighted by Gasteiger charge is -2.23. The minimum atomic E-state index is -1.37. The Morgan fingerprint density at radius 3 is 2.73 bits per heavy atom. The van der Waals surface area contributed by atoms with Gasteiger partial charge in [-0.15, -0.1) is 0 Å². The predicted octanol–water partition coefficient (Wildman–Crippen LogP) is 1.05. The summed E-state index contributed by atoms with van der Waals surface area (Å²) in [4.78, 5) is 23.7. The molecule has 1 atom stereocenters. The molecule has 1 aliphatic rings. The monoisotopic (exact) mass is 301 g/mol. The molecule has 22 heavy (non-hydrogen) atoms. The summed E-state index contributed by atoms with van der Waals surface area (Å²) < 4.78 is 5.11. The molecule has 2 aromatic rings. The highest BCUT2D eigenvalue weighted by molar-refractivity contribution is 5.97. The van der Waals surface area contributed by atoms with E-state index in [2.05, 4.69) is 15.5 Å². The molecule has 3 N–H and O–H groups in total. The highest BCUT2D eigenvalue weighted by Crippen LogP contribution is 2.21. The van der Waals surface area contributed by atoms with E-state index in [4.69, 9.17) is 4.74 Å². The third-order valence-electron chi connectivity index (χ3n) is 3.68. The fraction of sp³-hybridized carbons (Fsp3) is 0.267. The summed E-state index contributed by atoms with van der Waals surface area (Å²) in [7, 11) is 0. The van der Waals surface area contributed by atoms with Crippen LogP contribution < -0.4 is 5.32 Å². The first-order chi connectivity index (χ1) is 10.6. The van der Waals surface area contributed by atoms with Crippen LogP contribution in [0.5, 0.6) is 0 Å². The number of carboxylic acids is 1. The van der Waals surface area contributed by atoms with Gasteiger partial charge in [-0.2, -0.15) is 5.10 Å². The minimum absolute atomic E-state index is 0.0340. The SMILES string of the molecule is O=C(NC1(C(=O)O)CCOC1)c1cc(-c2ccccc2)n[nH]1. The molecule has 7 heteroatoms. The Labute approximate surface area is 126 Å². The van der Waals surface area contributed by atoms with Gasteiger partial charge in [-0.25, -0.2) is 4.79 Å². The zero-order valence-corrected chi connectivity index (χ0v) is 11.7. The van der Waals surface area contributed by atoms with Crippen LogP contribution in [0.15, 0.2) is 36.4 Å². The normalized spacial score (nSPS) is 20.7. The Morgan fingerprint density at radius 1 is 1.32 bits per heavy atom. The number of aromatic amines is 1. The molecule has 1 fully saturated rings. The summed E-state index contributed by atoms with van der Waals surface area (Å²) in [6.07, 6.45) is 0.244. The Balaban J connectivity index is 1.79. The molecule has 1 amide bonds. The number of rotatable bonds is 4. The van der Waals surface area contributed by atoms with Crippen LogP contribution in [0.4, 0.5) is 0 Å². The molecule has 0 bridgehead atoms. The first-order valence-corrected chi connectivity index (χ1v) is 6.85. The third kappa shape index (κ3) is 2.58. The van der Waals surface area contributed by atoms with Gasteiger partial charge in [0.05, 0.1) is 12.3 Å². The lowest BCUT2D eigenvalue weighted by Crippen LogP contribution is -2.55. The van der Waals surface area contributed by atoms with Crippen LogP contribution in [0.25, 0.3) is 11.3 Å². The average Bonchev–Trinajstić information content (AvgIpc) is 3.18. The van der Waals surface area contributed by atoms with E-state index >= 15 is 0 Å². The molecule has 2 heterocycles. The number of amides is 1. The van der Waals surface area contributed by atoms with Crippen molar-refractivity contribution in [1.82, 2.24) is 15.5 Å². The maximum absolute atomic E-state index is 12.3. The van der Waals surface area contributed by atoms with Crippen LogP contribution in [-0.4, -0.2) is 45.9 Å². The van der Waals surface area contributed by atoms with Crippen LogP contribution in [0, 0.1) is 0 Å². The summed E-state index contributed by atoms with van der Waals surface area (Å²) in [5.41, 5.74) is 0.342. The van der Waals surface area contributed by atoms with Crippen LogP contribution in [0.3, 0.4) is 0 Å². The van der Waals surface area contributed by atoms with Crippen molar-refractivity contribution in [3.8, 4) is 11.3 Å². The van der Waals surface area contributed by atoms with E-state index in [1.54, 1.807) is 6.07 Å². The van der Waals surface area contributed by atoms with Crippen molar-refractivity contribution < 1.29 is 19.4 Å². The molecule has 1 aromatic heterocycles. The number of carbonyl (C=O) groups is 2. The number of carbonyl (C=O) groups excluding carboxylic acids is 1. The summed E-state index contributed by atoms with van der Waals surface area (Å²) in [6, 6.07) is 11.0. The highest BCUT2D eigenvalue weighted by Gasteiger charge is 2.44. The van der Waals surface area contributed by atoms with Gasteiger partial charge in [-0.3, -0.25) is 9.89 Å². The first kappa shape index (κ1) is 14.3. The average molecular weight is 301 g/mol. The van der Waals surface area contributed by atoms with Crippen molar-refractivity contribution in [2.24, 2.45) is 0 Å². The Morgan fingerprint density at radius 2 is 2.09 bits per heavy atom. The van der Waals surface area contributed by atoms with Gasteiger partial charge in [0.25, 0.3) is 5.91 Å². The molecule has 1 unspecified atom stereocenters. The Hall–Kier alpha value is -2.67. The van der Waals surface area contributed by atoms with Gasteiger partial charge in [0.15, 0.2) is 5.54 Å². The highest BCUT2D eigenvalue weighted by atomic mass is 16.5. The molecule has 7 nitrogen and oxygen atoms in total. The number of aliphatic carboxylic acids is 1. The molecule has 0 radical (unpaired) electrons. The fourth-order valence-electron chi connectivity index (χ4n) is 2.37. The molecule has 1 aromatic carbocycles. The summed E-state index contributed by atoms with van der Waals surface area (Å²) in [5.74, 6) is -1.61. The number of nitrogens with one attached hydrogen (secondary N) is 2. The van der Waals surface area contributed by atoms with E-state index in [0.717, 1.165) is 5.56 Å². The zero-order valence-electron chi connectivity index (χ0n) is 11.7. The van der Waals surface area contributed by atoms with Crippen LogP contribution in [0.1, 0.15) is 16.9 Å². The van der Waals surface area contributed by atoms with E-state index in [0.29, 0.717) is 12.3 Å². The maximum atomic E-state index is 12.3. The van der Waals surface area contributed by atoms with Gasteiger partial charge in [0, 0.05) is 18.6 Å². The zero-order chi connectivity index (χ0) is 15.6. The van der Waals surface area contributed by atoms with Gasteiger partial charge in [0.1, 0.15) is 5.69 Å². The topological polar surface area (TPSA) is 104 Å². The molecule has 114 valence electrons. The second-order valence-electron chi connectivity index (χ2n) is 5.18.